The zero-order chi connectivity index (χ0) is 23.7. The molecule has 34 heavy (non-hydrogen) atoms. The zero-order valence-corrected chi connectivity index (χ0v) is 19.8. The van der Waals surface area contributed by atoms with E-state index in [1.165, 1.54) is 16.4 Å². The summed E-state index contributed by atoms with van der Waals surface area (Å²) < 4.78 is 40.0. The number of ether oxygens (including phenoxy) is 2. The lowest BCUT2D eigenvalue weighted by Crippen LogP contribution is -2.45. The number of fused-ring (bicyclic) bond motifs is 2. The van der Waals surface area contributed by atoms with Gasteiger partial charge in [0.2, 0.25) is 5.91 Å². The Balaban J connectivity index is 1.51. The first-order valence-corrected chi connectivity index (χ1v) is 12.7. The Hall–Kier alpha value is -3.52. The number of hydrogen-bond acceptors (Lipinski definition) is 5. The van der Waals surface area contributed by atoms with Gasteiger partial charge in [-0.25, -0.2) is 8.42 Å². The lowest BCUT2D eigenvalue weighted by molar-refractivity contribution is -0.117. The Bertz CT molecular complexity index is 1320. The highest BCUT2D eigenvalue weighted by atomic mass is 32.2. The molecule has 5 rings (SSSR count). The normalized spacial score (nSPS) is 14.9. The molecule has 1 amide bonds. The molecule has 0 fully saturated rings. The summed E-state index contributed by atoms with van der Waals surface area (Å²) in [6.45, 7) is 2.94. The van der Waals surface area contributed by atoms with Crippen LogP contribution in [0.3, 0.4) is 0 Å². The minimum atomic E-state index is -4.06. The summed E-state index contributed by atoms with van der Waals surface area (Å²) in [6, 6.07) is 19.4. The Labute approximate surface area is 199 Å². The minimum Gasteiger partial charge on any atom is -0.486 e. The van der Waals surface area contributed by atoms with E-state index in [4.69, 9.17) is 9.47 Å². The third-order valence-corrected chi connectivity index (χ3v) is 7.88. The van der Waals surface area contributed by atoms with Crippen LogP contribution in [0.4, 0.5) is 11.4 Å². The lowest BCUT2D eigenvalue weighted by atomic mass is 10.0. The zero-order valence-electron chi connectivity index (χ0n) is 18.9. The molecule has 0 unspecified atom stereocenters. The smallest absolute Gasteiger partial charge is 0.264 e. The molecular weight excluding hydrogens is 452 g/mol. The van der Waals surface area contributed by atoms with Gasteiger partial charge in [-0.1, -0.05) is 35.9 Å². The number of rotatable bonds is 5. The number of benzene rings is 3. The van der Waals surface area contributed by atoms with E-state index in [1.54, 1.807) is 23.1 Å². The predicted octanol–water partition coefficient (Wildman–Crippen LogP) is 3.94. The number of carbonyl (C=O) groups excluding carboxylic acids is 1. The van der Waals surface area contributed by atoms with Gasteiger partial charge in [-0.05, 0) is 55.7 Å². The first-order valence-electron chi connectivity index (χ1n) is 11.3. The number of carbonyl (C=O) groups is 1. The molecule has 0 bridgehead atoms. The second-order valence-electron chi connectivity index (χ2n) is 8.43. The van der Waals surface area contributed by atoms with Crippen LogP contribution >= 0.6 is 0 Å². The van der Waals surface area contributed by atoms with Gasteiger partial charge in [-0.15, -0.1) is 0 Å². The molecule has 0 N–H and O–H groups in total. The van der Waals surface area contributed by atoms with Crippen LogP contribution in [0.25, 0.3) is 0 Å². The van der Waals surface area contributed by atoms with E-state index >= 15 is 0 Å². The van der Waals surface area contributed by atoms with Gasteiger partial charge in [0.25, 0.3) is 10.0 Å². The number of aryl methyl sites for hydroxylation is 2. The molecule has 0 spiro atoms. The maximum atomic E-state index is 13.8. The van der Waals surface area contributed by atoms with E-state index in [2.05, 4.69) is 0 Å². The van der Waals surface area contributed by atoms with Crippen molar-refractivity contribution in [3.63, 3.8) is 0 Å². The van der Waals surface area contributed by atoms with Crippen LogP contribution in [0.5, 0.6) is 11.5 Å². The number of hydrogen-bond donors (Lipinski definition) is 0. The summed E-state index contributed by atoms with van der Waals surface area (Å²) in [5, 5.41) is 0. The van der Waals surface area contributed by atoms with Crippen LogP contribution in [0.1, 0.15) is 17.5 Å². The van der Waals surface area contributed by atoms with Crippen molar-refractivity contribution in [1.82, 2.24) is 0 Å². The molecule has 0 aliphatic carbocycles. The summed E-state index contributed by atoms with van der Waals surface area (Å²) in [5.41, 5.74) is 3.37. The topological polar surface area (TPSA) is 76.2 Å². The number of anilines is 2. The van der Waals surface area contributed by atoms with E-state index in [9.17, 15) is 13.2 Å². The van der Waals surface area contributed by atoms with E-state index in [0.717, 1.165) is 29.7 Å². The molecule has 7 nitrogen and oxygen atoms in total. The molecule has 0 saturated carbocycles. The molecule has 0 saturated heterocycles. The van der Waals surface area contributed by atoms with Crippen molar-refractivity contribution >= 4 is 27.3 Å². The highest BCUT2D eigenvalue weighted by molar-refractivity contribution is 7.92. The highest BCUT2D eigenvalue weighted by Crippen LogP contribution is 2.35. The number of para-hydroxylation sites is 1. The fourth-order valence-corrected chi connectivity index (χ4v) is 5.77. The third-order valence-electron chi connectivity index (χ3n) is 6.11. The van der Waals surface area contributed by atoms with E-state index in [-0.39, 0.29) is 17.3 Å². The fourth-order valence-electron chi connectivity index (χ4n) is 4.34. The van der Waals surface area contributed by atoms with Crippen molar-refractivity contribution < 1.29 is 22.7 Å². The molecule has 2 aliphatic rings. The van der Waals surface area contributed by atoms with Crippen LogP contribution < -0.4 is 18.7 Å². The van der Waals surface area contributed by atoms with Gasteiger partial charge in [0, 0.05) is 18.3 Å². The maximum absolute atomic E-state index is 13.8. The van der Waals surface area contributed by atoms with Crippen molar-refractivity contribution in [2.75, 3.05) is 35.5 Å². The molecule has 0 aromatic heterocycles. The first-order chi connectivity index (χ1) is 16.4. The minimum absolute atomic E-state index is 0.0455. The van der Waals surface area contributed by atoms with Gasteiger partial charge in [0.1, 0.15) is 19.8 Å². The van der Waals surface area contributed by atoms with Crippen molar-refractivity contribution in [2.24, 2.45) is 0 Å². The van der Waals surface area contributed by atoms with Crippen molar-refractivity contribution in [2.45, 2.75) is 24.7 Å². The summed E-state index contributed by atoms with van der Waals surface area (Å²) >= 11 is 0. The van der Waals surface area contributed by atoms with Crippen molar-refractivity contribution in [3.8, 4) is 11.5 Å². The predicted molar refractivity (Wildman–Crippen MR) is 130 cm³/mol. The van der Waals surface area contributed by atoms with Crippen LogP contribution in [0, 0.1) is 6.92 Å². The van der Waals surface area contributed by atoms with Crippen molar-refractivity contribution in [1.29, 1.82) is 0 Å². The SMILES string of the molecule is Cc1ccc(N(CC(=O)N2CCCc3ccccc32)S(=O)(=O)c2ccc3c(c2)OCCO3)cc1. The molecule has 0 radical (unpaired) electrons. The quantitative estimate of drug-likeness (QED) is 0.555. The standard InChI is InChI=1S/C26H26N2O5S/c1-19-8-10-21(11-9-19)28(18-26(29)27-14-4-6-20-5-2-3-7-23(20)27)34(30,31)22-12-13-24-25(17-22)33-16-15-32-24/h2-3,5,7-13,17H,4,6,14-16,18H2,1H3. The molecule has 2 aliphatic heterocycles. The van der Waals surface area contributed by atoms with Crippen molar-refractivity contribution in [3.05, 3.63) is 77.9 Å². The first kappa shape index (κ1) is 22.3. The Morgan fingerprint density at radius 1 is 0.971 bits per heavy atom. The monoisotopic (exact) mass is 478 g/mol. The second kappa shape index (κ2) is 9.02. The van der Waals surface area contributed by atoms with E-state index < -0.39 is 10.0 Å². The molecule has 0 atom stereocenters. The van der Waals surface area contributed by atoms with Crippen LogP contribution in [0.2, 0.25) is 0 Å². The molecule has 2 heterocycles. The van der Waals surface area contributed by atoms with E-state index in [0.29, 0.717) is 36.9 Å². The molecule has 3 aromatic carbocycles. The van der Waals surface area contributed by atoms with Crippen LogP contribution in [-0.2, 0) is 21.2 Å². The van der Waals surface area contributed by atoms with Gasteiger partial charge in [-0.3, -0.25) is 9.10 Å². The number of sulfonamides is 1. The maximum Gasteiger partial charge on any atom is 0.264 e. The second-order valence-corrected chi connectivity index (χ2v) is 10.3. The van der Waals surface area contributed by atoms with E-state index in [1.807, 2.05) is 43.3 Å². The Kier molecular flexibility index (Phi) is 5.91. The van der Waals surface area contributed by atoms with Gasteiger partial charge >= 0.3 is 0 Å². The summed E-state index contributed by atoms with van der Waals surface area (Å²) in [7, 11) is -4.06. The third kappa shape index (κ3) is 4.21. The summed E-state index contributed by atoms with van der Waals surface area (Å²) in [4.78, 5) is 15.2. The largest absolute Gasteiger partial charge is 0.486 e. The van der Waals surface area contributed by atoms with Gasteiger partial charge in [-0.2, -0.15) is 0 Å². The molecule has 8 heteroatoms. The van der Waals surface area contributed by atoms with Crippen LogP contribution in [-0.4, -0.2) is 40.6 Å². The summed E-state index contributed by atoms with van der Waals surface area (Å²) in [6.07, 6.45) is 1.74. The average Bonchev–Trinajstić information content (AvgIpc) is 2.87. The molecule has 176 valence electrons. The lowest BCUT2D eigenvalue weighted by Gasteiger charge is -2.32. The average molecular weight is 479 g/mol. The number of nitrogens with zero attached hydrogens (tertiary/aromatic N) is 2. The van der Waals surface area contributed by atoms with Gasteiger partial charge < -0.3 is 14.4 Å². The highest BCUT2D eigenvalue weighted by Gasteiger charge is 2.32. The molecular formula is C26H26N2O5S. The van der Waals surface area contributed by atoms with Gasteiger partial charge in [0.05, 0.1) is 10.6 Å². The summed E-state index contributed by atoms with van der Waals surface area (Å²) in [5.74, 6) is 0.620. The fraction of sp³-hybridized carbons (Fsp3) is 0.269. The van der Waals surface area contributed by atoms with Crippen LogP contribution in [0.15, 0.2) is 71.6 Å². The Morgan fingerprint density at radius 2 is 1.71 bits per heavy atom. The van der Waals surface area contributed by atoms with Gasteiger partial charge in [0.15, 0.2) is 11.5 Å². The Morgan fingerprint density at radius 3 is 2.50 bits per heavy atom. The molecule has 3 aromatic rings. The number of amides is 1.